The van der Waals surface area contributed by atoms with E-state index in [4.69, 9.17) is 10.7 Å². The lowest BCUT2D eigenvalue weighted by molar-refractivity contribution is 1.05. The second-order valence-electron chi connectivity index (χ2n) is 4.79. The van der Waals surface area contributed by atoms with E-state index in [0.29, 0.717) is 11.0 Å². The molecule has 3 aromatic rings. The smallest absolute Gasteiger partial charge is 0.180 e. The molecule has 0 radical (unpaired) electrons. The second kappa shape index (κ2) is 4.64. The van der Waals surface area contributed by atoms with Crippen molar-refractivity contribution in [1.82, 2.24) is 15.0 Å². The van der Waals surface area contributed by atoms with Crippen LogP contribution in [0, 0.1) is 0 Å². The van der Waals surface area contributed by atoms with Gasteiger partial charge in [0, 0.05) is 17.5 Å². The molecule has 1 aliphatic carbocycles. The average molecular weight is 300 g/mol. The number of rotatable bonds is 3. The summed E-state index contributed by atoms with van der Waals surface area (Å²) in [6.45, 7) is 0. The fourth-order valence-corrected chi connectivity index (χ4v) is 3.86. The lowest BCUT2D eigenvalue weighted by Crippen LogP contribution is -1.86. The third-order valence-corrected chi connectivity index (χ3v) is 5.05. The van der Waals surface area contributed by atoms with Gasteiger partial charge >= 0.3 is 0 Å². The average Bonchev–Trinajstić information content (AvgIpc) is 3.08. The third kappa shape index (κ3) is 2.10. The first kappa shape index (κ1) is 12.0. The van der Waals surface area contributed by atoms with Gasteiger partial charge in [0.05, 0.1) is 22.0 Å². The van der Waals surface area contributed by atoms with Crippen molar-refractivity contribution in [2.75, 3.05) is 5.73 Å². The van der Waals surface area contributed by atoms with Crippen LogP contribution in [0.3, 0.4) is 0 Å². The largest absolute Gasteiger partial charge is 0.375 e. The number of aromatic nitrogens is 3. The number of thiazole rings is 2. The second-order valence-corrected chi connectivity index (χ2v) is 6.68. The van der Waals surface area contributed by atoms with E-state index in [1.807, 2.05) is 23.6 Å². The number of pyridine rings is 1. The number of anilines is 1. The van der Waals surface area contributed by atoms with Crippen molar-refractivity contribution in [2.24, 2.45) is 0 Å². The zero-order chi connectivity index (χ0) is 13.5. The van der Waals surface area contributed by atoms with E-state index in [0.717, 1.165) is 21.3 Å². The molecule has 100 valence electrons. The van der Waals surface area contributed by atoms with Crippen molar-refractivity contribution >= 4 is 27.8 Å². The molecule has 3 aromatic heterocycles. The fraction of sp³-hybridized carbons (Fsp3) is 0.214. The predicted octanol–water partition coefficient (Wildman–Crippen LogP) is 3.79. The molecule has 0 unspecified atom stereocenters. The topological polar surface area (TPSA) is 64.7 Å². The Balaban J connectivity index is 1.83. The van der Waals surface area contributed by atoms with Crippen LogP contribution in [0.4, 0.5) is 5.13 Å². The summed E-state index contributed by atoms with van der Waals surface area (Å²) in [5, 5.41) is 3.58. The molecule has 0 amide bonds. The molecule has 2 N–H and O–H groups in total. The van der Waals surface area contributed by atoms with E-state index in [9.17, 15) is 0 Å². The summed E-state index contributed by atoms with van der Waals surface area (Å²) in [5.74, 6) is 0.585. The maximum atomic E-state index is 5.75. The summed E-state index contributed by atoms with van der Waals surface area (Å²) in [5.41, 5.74) is 8.80. The zero-order valence-corrected chi connectivity index (χ0v) is 12.2. The summed E-state index contributed by atoms with van der Waals surface area (Å²) in [6.07, 6.45) is 4.24. The number of hydrogen-bond acceptors (Lipinski definition) is 6. The highest BCUT2D eigenvalue weighted by molar-refractivity contribution is 7.19. The van der Waals surface area contributed by atoms with Gasteiger partial charge in [-0.25, -0.2) is 9.97 Å². The molecule has 0 aromatic carbocycles. The summed E-state index contributed by atoms with van der Waals surface area (Å²) < 4.78 is 0. The Morgan fingerprint density at radius 3 is 2.70 bits per heavy atom. The van der Waals surface area contributed by atoms with Crippen LogP contribution in [-0.4, -0.2) is 15.0 Å². The number of nitrogen functional groups attached to an aromatic ring is 1. The molecule has 6 heteroatoms. The maximum Gasteiger partial charge on any atom is 0.180 e. The first-order valence-electron chi connectivity index (χ1n) is 6.45. The van der Waals surface area contributed by atoms with Crippen LogP contribution in [0.1, 0.15) is 24.5 Å². The molecule has 0 bridgehead atoms. The summed E-state index contributed by atoms with van der Waals surface area (Å²) in [4.78, 5) is 14.8. The molecular weight excluding hydrogens is 288 g/mol. The Kier molecular flexibility index (Phi) is 2.78. The molecule has 0 atom stereocenters. The third-order valence-electron chi connectivity index (χ3n) is 3.26. The molecule has 3 heterocycles. The van der Waals surface area contributed by atoms with Crippen LogP contribution in [-0.2, 0) is 0 Å². The minimum Gasteiger partial charge on any atom is -0.375 e. The Hall–Kier alpha value is -1.79. The van der Waals surface area contributed by atoms with E-state index < -0.39 is 0 Å². The van der Waals surface area contributed by atoms with Crippen LogP contribution >= 0.6 is 22.7 Å². The van der Waals surface area contributed by atoms with Crippen LogP contribution in [0.15, 0.2) is 29.8 Å². The number of nitrogens with zero attached hydrogens (tertiary/aromatic N) is 3. The van der Waals surface area contributed by atoms with Crippen molar-refractivity contribution in [3.63, 3.8) is 0 Å². The first-order chi connectivity index (χ1) is 9.81. The minimum absolute atomic E-state index is 0.585. The minimum atomic E-state index is 0.585. The van der Waals surface area contributed by atoms with Crippen LogP contribution in [0.25, 0.3) is 21.3 Å². The normalized spacial score (nSPS) is 14.6. The highest BCUT2D eigenvalue weighted by Gasteiger charge is 2.31. The van der Waals surface area contributed by atoms with Gasteiger partial charge in [-0.3, -0.25) is 4.98 Å². The molecule has 1 aliphatic rings. The van der Waals surface area contributed by atoms with Gasteiger partial charge < -0.3 is 5.73 Å². The van der Waals surface area contributed by atoms with Crippen LogP contribution in [0.2, 0.25) is 0 Å². The highest BCUT2D eigenvalue weighted by atomic mass is 32.1. The van der Waals surface area contributed by atoms with E-state index in [-0.39, 0.29) is 0 Å². The van der Waals surface area contributed by atoms with Gasteiger partial charge in [0.15, 0.2) is 5.13 Å². The van der Waals surface area contributed by atoms with Crippen molar-refractivity contribution < 1.29 is 0 Å². The van der Waals surface area contributed by atoms with Gasteiger partial charge in [0.2, 0.25) is 0 Å². The standard InChI is InChI=1S/C14H12N4S2/c15-14-17-10(7-19-14)12-11(8-4-5-8)18-13(20-12)9-3-1-2-6-16-9/h1-3,6-8H,4-5H2,(H2,15,17). The molecule has 0 aliphatic heterocycles. The van der Waals surface area contributed by atoms with Gasteiger partial charge in [-0.05, 0) is 25.0 Å². The predicted molar refractivity (Wildman–Crippen MR) is 82.8 cm³/mol. The highest BCUT2D eigenvalue weighted by Crippen LogP contribution is 2.47. The number of nitrogens with two attached hydrogens (primary N) is 1. The van der Waals surface area contributed by atoms with E-state index >= 15 is 0 Å². The monoisotopic (exact) mass is 300 g/mol. The van der Waals surface area contributed by atoms with Gasteiger partial charge in [0.1, 0.15) is 5.01 Å². The van der Waals surface area contributed by atoms with Crippen molar-refractivity contribution in [3.8, 4) is 21.3 Å². The Labute approximate surface area is 124 Å². The summed E-state index contributed by atoms with van der Waals surface area (Å²) in [6, 6.07) is 5.90. The van der Waals surface area contributed by atoms with E-state index in [2.05, 4.69) is 9.97 Å². The Morgan fingerprint density at radius 1 is 1.15 bits per heavy atom. The maximum absolute atomic E-state index is 5.75. The van der Waals surface area contributed by atoms with Gasteiger partial charge in [-0.15, -0.1) is 22.7 Å². The molecule has 4 rings (SSSR count). The SMILES string of the molecule is Nc1nc(-c2sc(-c3ccccn3)nc2C2CC2)cs1. The van der Waals surface area contributed by atoms with Gasteiger partial charge in [-0.2, -0.15) is 0 Å². The summed E-state index contributed by atoms with van der Waals surface area (Å²) >= 11 is 3.14. The molecule has 1 fully saturated rings. The zero-order valence-electron chi connectivity index (χ0n) is 10.6. The molecule has 20 heavy (non-hydrogen) atoms. The quantitative estimate of drug-likeness (QED) is 0.799. The lowest BCUT2D eigenvalue weighted by atomic mass is 10.2. The Bertz CT molecular complexity index is 744. The van der Waals surface area contributed by atoms with Gasteiger partial charge in [-0.1, -0.05) is 6.07 Å². The molecule has 1 saturated carbocycles. The van der Waals surface area contributed by atoms with E-state index in [1.54, 1.807) is 17.5 Å². The Morgan fingerprint density at radius 2 is 2.05 bits per heavy atom. The number of hydrogen-bond donors (Lipinski definition) is 1. The van der Waals surface area contributed by atoms with Gasteiger partial charge in [0.25, 0.3) is 0 Å². The molecule has 0 spiro atoms. The summed E-state index contributed by atoms with van der Waals surface area (Å²) in [7, 11) is 0. The van der Waals surface area contributed by atoms with Crippen molar-refractivity contribution in [1.29, 1.82) is 0 Å². The van der Waals surface area contributed by atoms with Crippen LogP contribution < -0.4 is 5.73 Å². The fourth-order valence-electron chi connectivity index (χ4n) is 2.14. The first-order valence-corrected chi connectivity index (χ1v) is 8.14. The van der Waals surface area contributed by atoms with E-state index in [1.165, 1.54) is 29.9 Å². The molecule has 4 nitrogen and oxygen atoms in total. The molecule has 0 saturated heterocycles. The van der Waals surface area contributed by atoms with Crippen molar-refractivity contribution in [3.05, 3.63) is 35.5 Å². The van der Waals surface area contributed by atoms with Crippen LogP contribution in [0.5, 0.6) is 0 Å². The molecular formula is C14H12N4S2. The van der Waals surface area contributed by atoms with Crippen molar-refractivity contribution in [2.45, 2.75) is 18.8 Å². The lowest BCUT2D eigenvalue weighted by Gasteiger charge is -1.94.